The van der Waals surface area contributed by atoms with E-state index in [1.54, 1.807) is 6.92 Å². The molecule has 17 heavy (non-hydrogen) atoms. The second-order valence-corrected chi connectivity index (χ2v) is 4.28. The van der Waals surface area contributed by atoms with Crippen molar-refractivity contribution in [3.05, 3.63) is 22.8 Å². The van der Waals surface area contributed by atoms with Gasteiger partial charge in [0, 0.05) is 13.0 Å². The van der Waals surface area contributed by atoms with Gasteiger partial charge in [-0.25, -0.2) is 9.78 Å². The van der Waals surface area contributed by atoms with Crippen LogP contribution in [-0.2, 0) is 6.42 Å². The number of hydrogen-bond donors (Lipinski definition) is 2. The van der Waals surface area contributed by atoms with E-state index in [2.05, 4.69) is 20.4 Å². The Morgan fingerprint density at radius 2 is 2.47 bits per heavy atom. The van der Waals surface area contributed by atoms with Crippen LogP contribution in [0.5, 0.6) is 0 Å². The summed E-state index contributed by atoms with van der Waals surface area (Å²) in [6.07, 6.45) is 1.90. The van der Waals surface area contributed by atoms with Crippen molar-refractivity contribution in [2.75, 3.05) is 11.9 Å². The second-order valence-electron chi connectivity index (χ2n) is 3.25. The summed E-state index contributed by atoms with van der Waals surface area (Å²) in [6, 6.07) is 0. The van der Waals surface area contributed by atoms with Crippen LogP contribution in [0.15, 0.2) is 10.7 Å². The van der Waals surface area contributed by atoms with Gasteiger partial charge in [0.25, 0.3) is 0 Å². The van der Waals surface area contributed by atoms with Crippen molar-refractivity contribution in [1.82, 2.24) is 15.1 Å². The molecule has 0 aliphatic rings. The average Bonchev–Trinajstić information content (AvgIpc) is 2.88. The molecule has 2 aromatic heterocycles. The van der Waals surface area contributed by atoms with Crippen molar-refractivity contribution < 1.29 is 14.4 Å². The minimum Gasteiger partial charge on any atom is -0.477 e. The van der Waals surface area contributed by atoms with E-state index in [-0.39, 0.29) is 4.88 Å². The molecule has 0 spiro atoms. The highest BCUT2D eigenvalue weighted by atomic mass is 32.1. The number of nitrogens with one attached hydrogen (secondary N) is 1. The molecule has 0 radical (unpaired) electrons. The molecule has 0 atom stereocenters. The highest BCUT2D eigenvalue weighted by molar-refractivity contribution is 7.17. The molecule has 8 heteroatoms. The fraction of sp³-hybridized carbons (Fsp3) is 0.333. The Balaban J connectivity index is 1.83. The lowest BCUT2D eigenvalue weighted by molar-refractivity contribution is 0.0702. The lowest BCUT2D eigenvalue weighted by Crippen LogP contribution is -2.04. The Kier molecular flexibility index (Phi) is 3.33. The third-order valence-corrected chi connectivity index (χ3v) is 2.84. The average molecular weight is 254 g/mol. The molecule has 2 aromatic rings. The number of carboxylic acids is 1. The summed E-state index contributed by atoms with van der Waals surface area (Å²) < 4.78 is 4.93. The van der Waals surface area contributed by atoms with Crippen LogP contribution in [0.25, 0.3) is 0 Å². The van der Waals surface area contributed by atoms with Crippen molar-refractivity contribution in [2.45, 2.75) is 13.3 Å². The van der Waals surface area contributed by atoms with Crippen LogP contribution in [0.4, 0.5) is 5.13 Å². The molecule has 90 valence electrons. The molecule has 0 saturated carbocycles. The highest BCUT2D eigenvalue weighted by Crippen LogP contribution is 2.17. The molecule has 0 unspecified atom stereocenters. The van der Waals surface area contributed by atoms with E-state index in [1.807, 2.05) is 0 Å². The number of thiazole rings is 1. The second kappa shape index (κ2) is 4.91. The zero-order chi connectivity index (χ0) is 12.3. The zero-order valence-corrected chi connectivity index (χ0v) is 9.82. The first-order chi connectivity index (χ1) is 8.15. The van der Waals surface area contributed by atoms with Gasteiger partial charge >= 0.3 is 5.97 Å². The number of rotatable bonds is 5. The summed E-state index contributed by atoms with van der Waals surface area (Å²) in [7, 11) is 0. The normalized spacial score (nSPS) is 10.4. The first kappa shape index (κ1) is 11.5. The van der Waals surface area contributed by atoms with Crippen LogP contribution in [0.3, 0.4) is 0 Å². The van der Waals surface area contributed by atoms with Gasteiger partial charge in [-0.2, -0.15) is 4.98 Å². The lowest BCUT2D eigenvalue weighted by Gasteiger charge is -1.97. The van der Waals surface area contributed by atoms with E-state index >= 15 is 0 Å². The van der Waals surface area contributed by atoms with Gasteiger partial charge in [-0.1, -0.05) is 16.5 Å². The van der Waals surface area contributed by atoms with Gasteiger partial charge < -0.3 is 14.9 Å². The zero-order valence-electron chi connectivity index (χ0n) is 9.01. The van der Waals surface area contributed by atoms with E-state index in [9.17, 15) is 4.79 Å². The van der Waals surface area contributed by atoms with Gasteiger partial charge in [0.1, 0.15) is 4.88 Å². The van der Waals surface area contributed by atoms with Gasteiger partial charge in [-0.15, -0.1) is 0 Å². The topological polar surface area (TPSA) is 101 Å². The fourth-order valence-electron chi connectivity index (χ4n) is 1.17. The minimum absolute atomic E-state index is 0.209. The van der Waals surface area contributed by atoms with Gasteiger partial charge in [-0.05, 0) is 6.92 Å². The Morgan fingerprint density at radius 1 is 1.65 bits per heavy atom. The summed E-state index contributed by atoms with van der Waals surface area (Å²) in [5, 5.41) is 15.9. The van der Waals surface area contributed by atoms with Crippen LogP contribution in [-0.4, -0.2) is 32.7 Å². The van der Waals surface area contributed by atoms with Crippen molar-refractivity contribution in [3.8, 4) is 0 Å². The maximum absolute atomic E-state index is 10.6. The minimum atomic E-state index is -0.969. The Morgan fingerprint density at radius 3 is 3.06 bits per heavy atom. The molecule has 0 aliphatic heterocycles. The van der Waals surface area contributed by atoms with Crippen molar-refractivity contribution in [3.63, 3.8) is 0 Å². The van der Waals surface area contributed by atoms with E-state index < -0.39 is 5.97 Å². The lowest BCUT2D eigenvalue weighted by atomic mass is 10.4. The molecule has 7 nitrogen and oxygen atoms in total. The molecule has 2 heterocycles. The van der Waals surface area contributed by atoms with Crippen LogP contribution in [0.2, 0.25) is 0 Å². The van der Waals surface area contributed by atoms with Crippen LogP contribution < -0.4 is 5.32 Å². The third-order valence-electron chi connectivity index (χ3n) is 1.90. The molecule has 0 aliphatic carbocycles. The van der Waals surface area contributed by atoms with E-state index in [0.717, 1.165) is 11.3 Å². The number of nitrogens with zero attached hydrogens (tertiary/aromatic N) is 3. The molecule has 0 aromatic carbocycles. The van der Waals surface area contributed by atoms with Crippen LogP contribution in [0, 0.1) is 6.92 Å². The quantitative estimate of drug-likeness (QED) is 0.826. The Hall–Kier alpha value is -1.96. The van der Waals surface area contributed by atoms with Crippen LogP contribution in [0.1, 0.15) is 21.4 Å². The summed E-state index contributed by atoms with van der Waals surface area (Å²) in [5.41, 5.74) is 0. The van der Waals surface area contributed by atoms with Gasteiger partial charge in [0.15, 0.2) is 11.0 Å². The van der Waals surface area contributed by atoms with Crippen molar-refractivity contribution in [1.29, 1.82) is 0 Å². The van der Waals surface area contributed by atoms with E-state index in [1.165, 1.54) is 6.20 Å². The monoisotopic (exact) mass is 254 g/mol. The summed E-state index contributed by atoms with van der Waals surface area (Å²) in [4.78, 5) is 18.8. The number of aromatic carboxylic acids is 1. The van der Waals surface area contributed by atoms with Crippen LogP contribution >= 0.6 is 11.3 Å². The largest absolute Gasteiger partial charge is 0.477 e. The maximum atomic E-state index is 10.6. The molecular weight excluding hydrogens is 244 g/mol. The number of anilines is 1. The fourth-order valence-corrected chi connectivity index (χ4v) is 1.85. The molecule has 0 fully saturated rings. The third kappa shape index (κ3) is 3.00. The molecular formula is C9H10N4O3S. The van der Waals surface area contributed by atoms with Gasteiger partial charge in [0.2, 0.25) is 5.89 Å². The standard InChI is InChI=1S/C9H10N4O3S/c1-5-12-7(16-13-5)2-3-10-9-11-4-6(17-9)8(14)15/h4H,2-3H2,1H3,(H,10,11)(H,14,15). The first-order valence-electron chi connectivity index (χ1n) is 4.87. The summed E-state index contributed by atoms with van der Waals surface area (Å²) in [5.74, 6) is 0.176. The molecule has 2 rings (SSSR count). The highest BCUT2D eigenvalue weighted by Gasteiger charge is 2.08. The van der Waals surface area contributed by atoms with Crippen molar-refractivity contribution >= 4 is 22.4 Å². The summed E-state index contributed by atoms with van der Waals surface area (Å²) >= 11 is 1.09. The Bertz CT molecular complexity index is 522. The smallest absolute Gasteiger partial charge is 0.347 e. The van der Waals surface area contributed by atoms with Gasteiger partial charge in [0.05, 0.1) is 6.20 Å². The number of carbonyl (C=O) groups is 1. The number of hydrogen-bond acceptors (Lipinski definition) is 7. The summed E-state index contributed by atoms with van der Waals surface area (Å²) in [6.45, 7) is 2.31. The van der Waals surface area contributed by atoms with Gasteiger partial charge in [-0.3, -0.25) is 0 Å². The van der Waals surface area contributed by atoms with E-state index in [0.29, 0.717) is 29.8 Å². The van der Waals surface area contributed by atoms with E-state index in [4.69, 9.17) is 9.63 Å². The molecule has 0 saturated heterocycles. The maximum Gasteiger partial charge on any atom is 0.347 e. The number of aromatic nitrogens is 3. The Labute approximate surface area is 100 Å². The first-order valence-corrected chi connectivity index (χ1v) is 5.69. The molecule has 0 bridgehead atoms. The molecule has 0 amide bonds. The predicted molar refractivity (Wildman–Crippen MR) is 60.3 cm³/mol. The SMILES string of the molecule is Cc1noc(CCNc2ncc(C(=O)O)s2)n1. The van der Waals surface area contributed by atoms with Crippen molar-refractivity contribution in [2.24, 2.45) is 0 Å². The predicted octanol–water partition coefficient (Wildman–Crippen LogP) is 1.19. The number of carboxylic acid groups (broad SMARTS) is 1. The number of aryl methyl sites for hydroxylation is 1. The molecule has 2 N–H and O–H groups in total.